The van der Waals surface area contributed by atoms with Gasteiger partial charge in [-0.2, -0.15) is 0 Å². The Labute approximate surface area is 217 Å². The van der Waals surface area contributed by atoms with Crippen LogP contribution in [0.1, 0.15) is 37.8 Å². The highest BCUT2D eigenvalue weighted by atomic mass is 32.1. The summed E-state index contributed by atoms with van der Waals surface area (Å²) < 4.78 is 4.94. The van der Waals surface area contributed by atoms with Crippen LogP contribution in [0.5, 0.6) is 0 Å². The molecule has 2 fully saturated rings. The first-order chi connectivity index (χ1) is 17.0. The van der Waals surface area contributed by atoms with Gasteiger partial charge in [-0.25, -0.2) is 4.79 Å². The molecule has 4 N–H and O–H groups in total. The number of cyclic esters (lactones) is 1. The molecule has 1 aromatic heterocycles. The summed E-state index contributed by atoms with van der Waals surface area (Å²) in [5.74, 6) is -0.663. The highest BCUT2D eigenvalue weighted by molar-refractivity contribution is 7.80. The van der Waals surface area contributed by atoms with Gasteiger partial charge >= 0.3 is 6.09 Å². The van der Waals surface area contributed by atoms with Crippen LogP contribution >= 0.6 is 12.2 Å². The lowest BCUT2D eigenvalue weighted by Crippen LogP contribution is -2.62. The molecule has 2 saturated heterocycles. The zero-order chi connectivity index (χ0) is 26.5. The molecule has 1 aromatic carbocycles. The normalized spacial score (nSPS) is 18.8. The summed E-state index contributed by atoms with van der Waals surface area (Å²) in [4.78, 5) is 40.2. The van der Waals surface area contributed by atoms with Crippen LogP contribution in [0.4, 0.5) is 4.79 Å². The van der Waals surface area contributed by atoms with Crippen LogP contribution in [0, 0.1) is 5.41 Å². The smallest absolute Gasteiger partial charge is 0.407 e. The standard InChI is InChI=1S/C16H21N3O2.C10H14N2O2S/c1-19(2)6-5-12-9-17-15-4-3-11(8-14(12)15)7-13-10-21-16(20)18-13;1-4-10(5-6(2)3)7(13)11-9(15)12-8(10)14/h3-4,8-9,13,17H,5-7,10H2,1-2H3,(H,18,20);2,4-5H2,1,3H3,(H2,11,12,13,14,15)/t13-;/m0./s1. The fraction of sp³-hybridized carbons (Fsp3) is 0.462. The Morgan fingerprint density at radius 3 is 2.47 bits per heavy atom. The molecule has 0 spiro atoms. The zero-order valence-electron chi connectivity index (χ0n) is 21.3. The molecule has 3 amide bonds. The number of hydrogen-bond acceptors (Lipinski definition) is 6. The van der Waals surface area contributed by atoms with Gasteiger partial charge in [0, 0.05) is 23.6 Å². The number of fused-ring (bicyclic) bond motifs is 1. The predicted molar refractivity (Wildman–Crippen MR) is 144 cm³/mol. The molecule has 9 nitrogen and oxygen atoms in total. The van der Waals surface area contributed by atoms with Gasteiger partial charge in [0.25, 0.3) is 0 Å². The maximum atomic E-state index is 11.8. The monoisotopic (exact) mass is 513 g/mol. The summed E-state index contributed by atoms with van der Waals surface area (Å²) in [5, 5.41) is 9.13. The summed E-state index contributed by atoms with van der Waals surface area (Å²) in [6.45, 7) is 8.82. The third-order valence-electron chi connectivity index (χ3n) is 6.41. The highest BCUT2D eigenvalue weighted by Gasteiger charge is 2.47. The Morgan fingerprint density at radius 2 is 1.92 bits per heavy atom. The largest absolute Gasteiger partial charge is 0.447 e. The predicted octanol–water partition coefficient (Wildman–Crippen LogP) is 2.80. The number of alkyl carbamates (subject to hydrolysis) is 1. The lowest BCUT2D eigenvalue weighted by molar-refractivity contribution is -0.143. The molecule has 0 saturated carbocycles. The van der Waals surface area contributed by atoms with E-state index in [4.69, 9.17) is 17.0 Å². The van der Waals surface area contributed by atoms with Crippen molar-refractivity contribution in [2.75, 3.05) is 27.2 Å². The lowest BCUT2D eigenvalue weighted by atomic mass is 9.77. The average molecular weight is 514 g/mol. The maximum Gasteiger partial charge on any atom is 0.407 e. The molecule has 194 valence electrons. The minimum Gasteiger partial charge on any atom is -0.447 e. The van der Waals surface area contributed by atoms with E-state index in [1.165, 1.54) is 22.0 Å². The summed E-state index contributed by atoms with van der Waals surface area (Å²) in [6, 6.07) is 6.53. The van der Waals surface area contributed by atoms with Crippen LogP contribution in [0.2, 0.25) is 0 Å². The SMILES string of the molecule is C=C(C)CC1(CC)C(=O)NC(=S)NC1=O.CN(C)CCc1c[nH]c2ccc(C[C@H]3COC(=O)N3)cc12. The maximum absolute atomic E-state index is 11.8. The molecule has 3 heterocycles. The fourth-order valence-electron chi connectivity index (χ4n) is 4.43. The van der Waals surface area contributed by atoms with E-state index < -0.39 is 5.41 Å². The molecule has 0 radical (unpaired) electrons. The van der Waals surface area contributed by atoms with E-state index in [1.54, 1.807) is 13.8 Å². The number of allylic oxidation sites excluding steroid dienone is 1. The number of likely N-dealkylation sites (N-methyl/N-ethyl adjacent to an activating group) is 1. The summed E-state index contributed by atoms with van der Waals surface area (Å²) in [5.41, 5.74) is 3.49. The van der Waals surface area contributed by atoms with Crippen molar-refractivity contribution in [1.82, 2.24) is 25.8 Å². The van der Waals surface area contributed by atoms with Crippen molar-refractivity contribution in [2.45, 2.75) is 45.6 Å². The zero-order valence-corrected chi connectivity index (χ0v) is 22.1. The average Bonchev–Trinajstić information content (AvgIpc) is 3.40. The molecular formula is C26H35N5O4S. The van der Waals surface area contributed by atoms with Crippen LogP contribution in [-0.2, 0) is 27.2 Å². The van der Waals surface area contributed by atoms with E-state index in [-0.39, 0.29) is 29.1 Å². The first kappa shape index (κ1) is 27.3. The van der Waals surface area contributed by atoms with Gasteiger partial charge in [0.15, 0.2) is 5.11 Å². The number of ether oxygens (including phenoxy) is 1. The van der Waals surface area contributed by atoms with Gasteiger partial charge in [-0.3, -0.25) is 9.59 Å². The van der Waals surface area contributed by atoms with E-state index in [1.807, 2.05) is 0 Å². The van der Waals surface area contributed by atoms with E-state index in [9.17, 15) is 14.4 Å². The van der Waals surface area contributed by atoms with E-state index in [0.29, 0.717) is 19.4 Å². The van der Waals surface area contributed by atoms with E-state index in [2.05, 4.69) is 70.9 Å². The number of carbonyl (C=O) groups excluding carboxylic acids is 3. The highest BCUT2D eigenvalue weighted by Crippen LogP contribution is 2.32. The number of aromatic nitrogens is 1. The number of nitrogens with zero attached hydrogens (tertiary/aromatic N) is 1. The Bertz CT molecular complexity index is 1150. The van der Waals surface area contributed by atoms with Crippen LogP contribution in [0.3, 0.4) is 0 Å². The number of amides is 3. The number of aromatic amines is 1. The first-order valence-electron chi connectivity index (χ1n) is 12.0. The van der Waals surface area contributed by atoms with Crippen LogP contribution < -0.4 is 16.0 Å². The van der Waals surface area contributed by atoms with E-state index >= 15 is 0 Å². The third-order valence-corrected chi connectivity index (χ3v) is 6.61. The number of hydrogen-bond donors (Lipinski definition) is 4. The molecule has 2 aromatic rings. The number of benzene rings is 1. The van der Waals surface area contributed by atoms with Crippen molar-refractivity contribution in [3.8, 4) is 0 Å². The van der Waals surface area contributed by atoms with Crippen molar-refractivity contribution < 1.29 is 19.1 Å². The number of H-pyrrole nitrogens is 1. The number of nitrogens with one attached hydrogen (secondary N) is 4. The minimum atomic E-state index is -1.05. The second-order valence-electron chi connectivity index (χ2n) is 9.70. The molecule has 4 rings (SSSR count). The molecule has 2 aliphatic rings. The molecule has 10 heteroatoms. The molecule has 36 heavy (non-hydrogen) atoms. The summed E-state index contributed by atoms with van der Waals surface area (Å²) >= 11 is 4.74. The molecular weight excluding hydrogens is 478 g/mol. The first-order valence-corrected chi connectivity index (χ1v) is 12.4. The second-order valence-corrected chi connectivity index (χ2v) is 10.1. The van der Waals surface area contributed by atoms with Gasteiger partial charge < -0.3 is 30.6 Å². The van der Waals surface area contributed by atoms with Gasteiger partial charge in [0.05, 0.1) is 6.04 Å². The number of carbonyl (C=O) groups is 3. The van der Waals surface area contributed by atoms with Crippen LogP contribution in [-0.4, -0.2) is 66.2 Å². The Morgan fingerprint density at radius 1 is 1.22 bits per heavy atom. The molecule has 0 unspecified atom stereocenters. The lowest BCUT2D eigenvalue weighted by Gasteiger charge is -2.34. The Kier molecular flexibility index (Phi) is 8.86. The van der Waals surface area contributed by atoms with Crippen molar-refractivity contribution in [3.05, 3.63) is 47.7 Å². The van der Waals surface area contributed by atoms with Gasteiger partial charge in [0.2, 0.25) is 11.8 Å². The third kappa shape index (κ3) is 6.50. The molecule has 0 bridgehead atoms. The Hall–Kier alpha value is -3.24. The van der Waals surface area contributed by atoms with Crippen LogP contribution in [0.15, 0.2) is 36.5 Å². The summed E-state index contributed by atoms with van der Waals surface area (Å²) in [7, 11) is 4.17. The summed E-state index contributed by atoms with van der Waals surface area (Å²) in [6.07, 6.45) is 4.40. The van der Waals surface area contributed by atoms with Crippen molar-refractivity contribution in [1.29, 1.82) is 0 Å². The van der Waals surface area contributed by atoms with Crippen LogP contribution in [0.25, 0.3) is 10.9 Å². The van der Waals surface area contributed by atoms with Gasteiger partial charge in [-0.1, -0.05) is 18.6 Å². The van der Waals surface area contributed by atoms with Gasteiger partial charge in [-0.15, -0.1) is 6.58 Å². The fourth-order valence-corrected chi connectivity index (χ4v) is 4.61. The molecule has 1 atom stereocenters. The molecule has 2 aliphatic heterocycles. The van der Waals surface area contributed by atoms with Crippen molar-refractivity contribution in [3.63, 3.8) is 0 Å². The number of rotatable bonds is 8. The van der Waals surface area contributed by atoms with Gasteiger partial charge in [0.1, 0.15) is 12.0 Å². The van der Waals surface area contributed by atoms with Gasteiger partial charge in [-0.05, 0) is 82.2 Å². The quantitative estimate of drug-likeness (QED) is 0.245. The molecule has 0 aliphatic carbocycles. The Balaban J connectivity index is 0.000000214. The second kappa shape index (κ2) is 11.7. The number of thiocarbonyl (C=S) groups is 1. The minimum absolute atomic E-state index is 0.0794. The van der Waals surface area contributed by atoms with Crippen molar-refractivity contribution >= 4 is 46.1 Å². The van der Waals surface area contributed by atoms with Crippen molar-refractivity contribution in [2.24, 2.45) is 5.41 Å². The topological polar surface area (TPSA) is 116 Å². The van der Waals surface area contributed by atoms with E-state index in [0.717, 1.165) is 25.0 Å².